The van der Waals surface area contributed by atoms with E-state index in [1.54, 1.807) is 18.3 Å². The van der Waals surface area contributed by atoms with Crippen molar-refractivity contribution < 1.29 is 23.8 Å². The van der Waals surface area contributed by atoms with Gasteiger partial charge in [-0.15, -0.1) is 0 Å². The molecule has 1 aromatic carbocycles. The molecule has 0 atom stereocenters. The smallest absolute Gasteiger partial charge is 0.258 e. The second-order valence-electron chi connectivity index (χ2n) is 8.16. The lowest BCUT2D eigenvalue weighted by Gasteiger charge is -2.30. The van der Waals surface area contributed by atoms with Crippen LogP contribution in [0, 0.1) is 17.1 Å². The fraction of sp³-hybridized carbons (Fsp3) is 0.417. The van der Waals surface area contributed by atoms with Crippen LogP contribution in [0.3, 0.4) is 0 Å². The number of hydrogen-bond acceptors (Lipinski definition) is 7. The van der Waals surface area contributed by atoms with Gasteiger partial charge in [0.1, 0.15) is 17.9 Å². The van der Waals surface area contributed by atoms with Gasteiger partial charge in [0.2, 0.25) is 11.8 Å². The molecule has 0 bridgehead atoms. The van der Waals surface area contributed by atoms with Crippen LogP contribution in [0.5, 0.6) is 5.88 Å². The molecule has 1 saturated carbocycles. The molecule has 34 heavy (non-hydrogen) atoms. The summed E-state index contributed by atoms with van der Waals surface area (Å²) in [6.07, 6.45) is 4.65. The minimum absolute atomic E-state index is 0.0200. The molecule has 2 aromatic heterocycles. The molecule has 1 fully saturated rings. The SMILES string of the molecule is CCOC(=N)C1CCC(n2c(NC(=O)c3cccc(F)c3)nc3cnc(OCCO)cc32)CC1. The summed E-state index contributed by atoms with van der Waals surface area (Å²) in [5.74, 6) is 0.117. The topological polar surface area (TPSA) is 122 Å². The number of carbonyl (C=O) groups is 1. The number of carbonyl (C=O) groups excluding carboxylic acids is 1. The second-order valence-corrected chi connectivity index (χ2v) is 8.16. The molecule has 1 amide bonds. The van der Waals surface area contributed by atoms with Crippen LogP contribution in [-0.2, 0) is 4.74 Å². The van der Waals surface area contributed by atoms with Crippen LogP contribution < -0.4 is 10.1 Å². The Morgan fingerprint density at radius 1 is 1.29 bits per heavy atom. The number of anilines is 1. The number of aliphatic hydroxyl groups excluding tert-OH is 1. The van der Waals surface area contributed by atoms with Gasteiger partial charge >= 0.3 is 0 Å². The zero-order valence-corrected chi connectivity index (χ0v) is 19.0. The number of aromatic nitrogens is 3. The van der Waals surface area contributed by atoms with Crippen molar-refractivity contribution >= 4 is 28.8 Å². The van der Waals surface area contributed by atoms with Crippen molar-refractivity contribution in [3.05, 3.63) is 47.9 Å². The van der Waals surface area contributed by atoms with Crippen LogP contribution in [0.25, 0.3) is 11.0 Å². The van der Waals surface area contributed by atoms with E-state index in [9.17, 15) is 9.18 Å². The number of ether oxygens (including phenoxy) is 2. The average molecular weight is 470 g/mol. The van der Waals surface area contributed by atoms with E-state index in [-0.39, 0.29) is 30.7 Å². The van der Waals surface area contributed by atoms with Crippen LogP contribution >= 0.6 is 0 Å². The van der Waals surface area contributed by atoms with Crippen LogP contribution in [0.2, 0.25) is 0 Å². The molecule has 0 radical (unpaired) electrons. The van der Waals surface area contributed by atoms with E-state index in [4.69, 9.17) is 20.0 Å². The highest BCUT2D eigenvalue weighted by Gasteiger charge is 2.29. The molecule has 1 aliphatic carbocycles. The van der Waals surface area contributed by atoms with Gasteiger partial charge in [0.15, 0.2) is 5.90 Å². The Hall–Kier alpha value is -3.53. The Morgan fingerprint density at radius 2 is 2.09 bits per heavy atom. The van der Waals surface area contributed by atoms with Gasteiger partial charge in [0.25, 0.3) is 5.91 Å². The first kappa shape index (κ1) is 23.6. The third-order valence-corrected chi connectivity index (χ3v) is 5.94. The lowest BCUT2D eigenvalue weighted by Crippen LogP contribution is -2.26. The summed E-state index contributed by atoms with van der Waals surface area (Å²) >= 11 is 0. The number of fused-ring (bicyclic) bond motifs is 1. The highest BCUT2D eigenvalue weighted by atomic mass is 19.1. The lowest BCUT2D eigenvalue weighted by molar-refractivity contribution is 0.102. The number of amides is 1. The van der Waals surface area contributed by atoms with Crippen LogP contribution in [0.15, 0.2) is 36.5 Å². The molecule has 1 aliphatic rings. The van der Waals surface area contributed by atoms with E-state index in [1.807, 2.05) is 11.5 Å². The van der Waals surface area contributed by atoms with Crippen molar-refractivity contribution in [1.82, 2.24) is 14.5 Å². The van der Waals surface area contributed by atoms with E-state index < -0.39 is 11.7 Å². The van der Waals surface area contributed by atoms with Gasteiger partial charge < -0.3 is 19.1 Å². The first-order valence-electron chi connectivity index (χ1n) is 11.4. The third kappa shape index (κ3) is 5.17. The second kappa shape index (κ2) is 10.6. The Labute approximate surface area is 196 Å². The maximum Gasteiger partial charge on any atom is 0.258 e. The molecule has 2 heterocycles. The summed E-state index contributed by atoms with van der Waals surface area (Å²) in [5.41, 5.74) is 1.51. The average Bonchev–Trinajstić information content (AvgIpc) is 3.20. The molecule has 3 N–H and O–H groups in total. The molecule has 3 aromatic rings. The molecule has 0 aliphatic heterocycles. The number of hydrogen-bond donors (Lipinski definition) is 3. The van der Waals surface area contributed by atoms with Crippen molar-refractivity contribution in [1.29, 1.82) is 5.41 Å². The van der Waals surface area contributed by atoms with Crippen molar-refractivity contribution in [2.24, 2.45) is 5.92 Å². The predicted molar refractivity (Wildman–Crippen MR) is 125 cm³/mol. The Morgan fingerprint density at radius 3 is 2.79 bits per heavy atom. The maximum absolute atomic E-state index is 13.6. The van der Waals surface area contributed by atoms with Crippen LogP contribution in [0.4, 0.5) is 10.3 Å². The monoisotopic (exact) mass is 469 g/mol. The molecule has 0 saturated heterocycles. The van der Waals surface area contributed by atoms with E-state index in [1.165, 1.54) is 18.2 Å². The van der Waals surface area contributed by atoms with Crippen LogP contribution in [0.1, 0.15) is 49.0 Å². The van der Waals surface area contributed by atoms with Gasteiger partial charge in [-0.25, -0.2) is 14.4 Å². The van der Waals surface area contributed by atoms with E-state index in [0.717, 1.165) is 31.2 Å². The van der Waals surface area contributed by atoms with E-state index in [2.05, 4.69) is 15.3 Å². The molecular formula is C24H28FN5O4. The summed E-state index contributed by atoms with van der Waals surface area (Å²) in [5, 5.41) is 20.0. The van der Waals surface area contributed by atoms with Gasteiger partial charge in [-0.1, -0.05) is 6.07 Å². The third-order valence-electron chi connectivity index (χ3n) is 5.94. The number of nitrogens with one attached hydrogen (secondary N) is 2. The molecular weight excluding hydrogens is 441 g/mol. The summed E-state index contributed by atoms with van der Waals surface area (Å²) in [4.78, 5) is 21.7. The highest BCUT2D eigenvalue weighted by molar-refractivity contribution is 6.04. The van der Waals surface area contributed by atoms with Gasteiger partial charge in [-0.05, 0) is 50.8 Å². The number of halogens is 1. The molecule has 10 heteroatoms. The molecule has 4 rings (SSSR count). The highest BCUT2D eigenvalue weighted by Crippen LogP contribution is 2.37. The number of pyridine rings is 1. The summed E-state index contributed by atoms with van der Waals surface area (Å²) in [6, 6.07) is 7.24. The number of benzene rings is 1. The quantitative estimate of drug-likeness (QED) is 0.339. The first-order chi connectivity index (χ1) is 16.5. The minimum atomic E-state index is -0.494. The van der Waals surface area contributed by atoms with Crippen molar-refractivity contribution in [2.75, 3.05) is 25.1 Å². The van der Waals surface area contributed by atoms with Crippen molar-refractivity contribution in [3.63, 3.8) is 0 Å². The number of nitrogens with zero attached hydrogens (tertiary/aromatic N) is 3. The van der Waals surface area contributed by atoms with Gasteiger partial charge in [-0.2, -0.15) is 0 Å². The summed E-state index contributed by atoms with van der Waals surface area (Å²) in [7, 11) is 0. The normalized spacial score (nSPS) is 18.0. The van der Waals surface area contributed by atoms with Gasteiger partial charge in [0, 0.05) is 23.6 Å². The number of aliphatic hydroxyl groups is 1. The fourth-order valence-corrected chi connectivity index (χ4v) is 4.34. The molecule has 0 unspecified atom stereocenters. The zero-order valence-electron chi connectivity index (χ0n) is 19.0. The largest absolute Gasteiger partial charge is 0.481 e. The Balaban J connectivity index is 1.65. The summed E-state index contributed by atoms with van der Waals surface area (Å²) in [6.45, 7) is 2.32. The van der Waals surface area contributed by atoms with Crippen LogP contribution in [-0.4, -0.2) is 51.3 Å². The number of rotatable bonds is 8. The van der Waals surface area contributed by atoms with Crippen molar-refractivity contribution in [2.45, 2.75) is 38.6 Å². The molecule has 9 nitrogen and oxygen atoms in total. The van der Waals surface area contributed by atoms with Gasteiger partial charge in [-0.3, -0.25) is 15.5 Å². The Bertz CT molecular complexity index is 1170. The zero-order chi connectivity index (χ0) is 24.1. The molecule has 0 spiro atoms. The Kier molecular flexibility index (Phi) is 7.36. The maximum atomic E-state index is 13.6. The van der Waals surface area contributed by atoms with E-state index in [0.29, 0.717) is 29.8 Å². The van der Waals surface area contributed by atoms with Gasteiger partial charge in [0.05, 0.1) is 24.9 Å². The summed E-state index contributed by atoms with van der Waals surface area (Å²) < 4.78 is 26.5. The first-order valence-corrected chi connectivity index (χ1v) is 11.4. The fourth-order valence-electron chi connectivity index (χ4n) is 4.34. The minimum Gasteiger partial charge on any atom is -0.481 e. The van der Waals surface area contributed by atoms with Crippen molar-refractivity contribution in [3.8, 4) is 5.88 Å². The number of imidazole rings is 1. The predicted octanol–water partition coefficient (Wildman–Crippen LogP) is 3.94. The van der Waals surface area contributed by atoms with E-state index >= 15 is 0 Å². The lowest BCUT2D eigenvalue weighted by atomic mass is 9.85. The molecule has 180 valence electrons. The standard InChI is InChI=1S/C24H28FN5O4/c1-2-33-22(26)15-6-8-18(9-7-15)30-20-13-21(34-11-10-31)27-14-19(20)28-24(30)29-23(32)16-4-3-5-17(25)12-16/h3-5,12-15,18,26,31H,2,6-11H2,1H3,(H,28,29,32).